The number of fused-ring (bicyclic) bond motifs is 1. The van der Waals surface area contributed by atoms with Crippen LogP contribution in [-0.2, 0) is 20.5 Å². The van der Waals surface area contributed by atoms with Crippen molar-refractivity contribution in [1.82, 2.24) is 34.9 Å². The molecule has 1 atom stereocenters. The van der Waals surface area contributed by atoms with Crippen molar-refractivity contribution < 1.29 is 27.5 Å². The van der Waals surface area contributed by atoms with Gasteiger partial charge in [0, 0.05) is 60.4 Å². The molecule has 1 fully saturated rings. The van der Waals surface area contributed by atoms with Crippen molar-refractivity contribution in [2.45, 2.75) is 25.9 Å². The molecule has 0 radical (unpaired) electrons. The van der Waals surface area contributed by atoms with E-state index in [2.05, 4.69) is 55.3 Å². The van der Waals surface area contributed by atoms with Crippen LogP contribution in [-0.4, -0.2) is 86.1 Å². The number of carbonyl (C=O) groups is 2. The number of H-pyrrole nitrogens is 1. The molecule has 2 N–H and O–H groups in total. The summed E-state index contributed by atoms with van der Waals surface area (Å²) in [6, 6.07) is 17.4. The molecular formula is C39H37F3N8O3. The maximum atomic E-state index is 14.0. The third-order valence-electron chi connectivity index (χ3n) is 9.65. The van der Waals surface area contributed by atoms with Crippen LogP contribution >= 0.6 is 0 Å². The molecule has 1 unspecified atom stereocenters. The molecule has 11 nitrogen and oxygen atoms in total. The third kappa shape index (κ3) is 7.82. The first-order valence-corrected chi connectivity index (χ1v) is 17.2. The number of nitrogens with zero attached hydrogens (tertiary/aromatic N) is 6. The van der Waals surface area contributed by atoms with Crippen molar-refractivity contribution in [3.8, 4) is 22.6 Å². The number of benzene rings is 2. The molecule has 0 bridgehead atoms. The molecule has 2 aliphatic rings. The number of anilines is 1. The van der Waals surface area contributed by atoms with Crippen molar-refractivity contribution in [1.29, 1.82) is 0 Å². The van der Waals surface area contributed by atoms with Gasteiger partial charge in [0.2, 0.25) is 11.8 Å². The lowest BCUT2D eigenvalue weighted by Crippen LogP contribution is -2.45. The van der Waals surface area contributed by atoms with Gasteiger partial charge in [0.25, 0.3) is 0 Å². The second-order valence-electron chi connectivity index (χ2n) is 13.4. The number of amides is 2. The van der Waals surface area contributed by atoms with Gasteiger partial charge in [0.1, 0.15) is 18.0 Å². The number of carbonyl (C=O) groups excluding carboxylic acids is 2. The monoisotopic (exact) mass is 722 g/mol. The van der Waals surface area contributed by atoms with Crippen LogP contribution in [0.3, 0.4) is 0 Å². The minimum absolute atomic E-state index is 0.0170. The first kappa shape index (κ1) is 35.5. The number of hydrogen-bond acceptors (Lipinski definition) is 8. The van der Waals surface area contributed by atoms with Crippen LogP contribution < -0.4 is 5.32 Å². The Kier molecular flexibility index (Phi) is 9.80. The second-order valence-corrected chi connectivity index (χ2v) is 13.4. The molecule has 5 aromatic rings. The highest BCUT2D eigenvalue weighted by molar-refractivity contribution is 6.00. The lowest BCUT2D eigenvalue weighted by Gasteiger charge is -2.30. The molecule has 0 spiro atoms. The van der Waals surface area contributed by atoms with E-state index in [0.717, 1.165) is 29.8 Å². The predicted molar refractivity (Wildman–Crippen MR) is 194 cm³/mol. The summed E-state index contributed by atoms with van der Waals surface area (Å²) in [6.45, 7) is 7.65. The van der Waals surface area contributed by atoms with E-state index in [0.29, 0.717) is 66.5 Å². The third-order valence-corrected chi connectivity index (χ3v) is 9.65. The number of ether oxygens (including phenoxy) is 1. The van der Waals surface area contributed by atoms with Gasteiger partial charge in [0.05, 0.1) is 23.2 Å². The molecule has 1 saturated heterocycles. The molecule has 3 aromatic heterocycles. The summed E-state index contributed by atoms with van der Waals surface area (Å²) >= 11 is 0. The zero-order chi connectivity index (χ0) is 37.2. The standard InChI is InChI=1S/C39H37F3N8O3/c1-25(2)53-24-38(37(52)46-30-8-9-32-31(21-30)35(48-47-32)29-10-16-43-33(20-29)39(40,41)42)13-19-49(23-38)22-34(51)50-17-11-27(12-18-50)26-4-6-28(7-5-26)36-44-14-3-15-45-36/h3-11,14-16,20-21H,1,12-13,17-19,22-24H2,2H3,(H,46,52)(H,47,48). The molecule has 5 heterocycles. The lowest BCUT2D eigenvalue weighted by molar-refractivity contribution is -0.141. The SMILES string of the molecule is C=C(C)OCC1(C(=O)Nc2ccc3[nH]nc(-c4ccnc(C(F)(F)F)c4)c3c2)CCN(CC(=O)N2CC=C(c3ccc(-c4ncccn4)cc3)CC2)C1. The maximum absolute atomic E-state index is 14.0. The van der Waals surface area contributed by atoms with Gasteiger partial charge in [-0.1, -0.05) is 36.9 Å². The Balaban J connectivity index is 1.01. The van der Waals surface area contributed by atoms with E-state index in [1.165, 1.54) is 11.6 Å². The molecule has 14 heteroatoms. The number of rotatable bonds is 10. The van der Waals surface area contributed by atoms with Crippen LogP contribution in [0.25, 0.3) is 39.1 Å². The van der Waals surface area contributed by atoms with Crippen LogP contribution in [0.5, 0.6) is 0 Å². The largest absolute Gasteiger partial charge is 0.498 e. The minimum Gasteiger partial charge on any atom is -0.498 e. The lowest BCUT2D eigenvalue weighted by atomic mass is 9.86. The van der Waals surface area contributed by atoms with Crippen molar-refractivity contribution in [2.75, 3.05) is 44.6 Å². The molecule has 2 amide bonds. The summed E-state index contributed by atoms with van der Waals surface area (Å²) < 4.78 is 45.9. The average Bonchev–Trinajstić information content (AvgIpc) is 3.79. The number of pyridine rings is 1. The second kappa shape index (κ2) is 14.6. The zero-order valence-corrected chi connectivity index (χ0v) is 29.0. The van der Waals surface area contributed by atoms with Crippen molar-refractivity contribution >= 4 is 34.0 Å². The molecule has 2 aromatic carbocycles. The Morgan fingerprint density at radius 3 is 2.47 bits per heavy atom. The van der Waals surface area contributed by atoms with E-state index in [4.69, 9.17) is 4.74 Å². The fraction of sp³-hybridized carbons (Fsp3) is 0.282. The molecule has 7 rings (SSSR count). The number of hydrogen-bond donors (Lipinski definition) is 2. The highest BCUT2D eigenvalue weighted by atomic mass is 19.4. The summed E-state index contributed by atoms with van der Waals surface area (Å²) in [5, 5.41) is 10.6. The van der Waals surface area contributed by atoms with Crippen LogP contribution in [0.2, 0.25) is 0 Å². The highest BCUT2D eigenvalue weighted by Crippen LogP contribution is 2.36. The highest BCUT2D eigenvalue weighted by Gasteiger charge is 2.46. The number of aromatic amines is 1. The maximum Gasteiger partial charge on any atom is 0.433 e. The normalized spacial score (nSPS) is 17.8. The molecular weight excluding hydrogens is 685 g/mol. The van der Waals surface area contributed by atoms with Gasteiger partial charge in [-0.2, -0.15) is 18.3 Å². The summed E-state index contributed by atoms with van der Waals surface area (Å²) in [5.41, 5.74) is 2.77. The van der Waals surface area contributed by atoms with Crippen molar-refractivity contribution in [2.24, 2.45) is 5.41 Å². The van der Waals surface area contributed by atoms with Gasteiger partial charge >= 0.3 is 6.18 Å². The van der Waals surface area contributed by atoms with E-state index in [9.17, 15) is 22.8 Å². The van der Waals surface area contributed by atoms with E-state index in [-0.39, 0.29) is 30.5 Å². The quantitative estimate of drug-likeness (QED) is 0.155. The van der Waals surface area contributed by atoms with Crippen LogP contribution in [0.15, 0.2) is 97.7 Å². The van der Waals surface area contributed by atoms with Crippen molar-refractivity contribution in [3.05, 3.63) is 109 Å². The number of halogens is 3. The molecule has 272 valence electrons. The predicted octanol–water partition coefficient (Wildman–Crippen LogP) is 6.60. The van der Waals surface area contributed by atoms with Gasteiger partial charge in [-0.05, 0) is 73.8 Å². The van der Waals surface area contributed by atoms with Crippen LogP contribution in [0, 0.1) is 5.41 Å². The molecule has 53 heavy (non-hydrogen) atoms. The Labute approximate surface area is 303 Å². The Hall–Kier alpha value is -5.89. The van der Waals surface area contributed by atoms with Gasteiger partial charge < -0.3 is 15.0 Å². The first-order valence-electron chi connectivity index (χ1n) is 17.2. The van der Waals surface area contributed by atoms with Gasteiger partial charge in [0.15, 0.2) is 5.82 Å². The van der Waals surface area contributed by atoms with E-state index in [1.54, 1.807) is 43.6 Å². The fourth-order valence-electron chi connectivity index (χ4n) is 6.76. The average molecular weight is 723 g/mol. The summed E-state index contributed by atoms with van der Waals surface area (Å²) in [5.74, 6) is 0.821. The zero-order valence-electron chi connectivity index (χ0n) is 29.0. The summed E-state index contributed by atoms with van der Waals surface area (Å²) in [4.78, 5) is 43.4. The summed E-state index contributed by atoms with van der Waals surface area (Å²) in [7, 11) is 0. The minimum atomic E-state index is -4.61. The smallest absolute Gasteiger partial charge is 0.433 e. The fourth-order valence-corrected chi connectivity index (χ4v) is 6.76. The van der Waals surface area contributed by atoms with Crippen LogP contribution in [0.1, 0.15) is 31.0 Å². The Morgan fingerprint density at radius 1 is 0.981 bits per heavy atom. The number of allylic oxidation sites excluding steroid dienone is 1. The summed E-state index contributed by atoms with van der Waals surface area (Å²) in [6.07, 6.45) is 3.17. The number of alkyl halides is 3. The Bertz CT molecular complexity index is 2190. The number of nitrogens with one attached hydrogen (secondary N) is 2. The van der Waals surface area contributed by atoms with Gasteiger partial charge in [-0.15, -0.1) is 0 Å². The van der Waals surface area contributed by atoms with Gasteiger partial charge in [-0.3, -0.25) is 24.6 Å². The topological polar surface area (TPSA) is 129 Å². The first-order chi connectivity index (χ1) is 25.5. The van der Waals surface area contributed by atoms with E-state index in [1.807, 2.05) is 21.9 Å². The van der Waals surface area contributed by atoms with Crippen molar-refractivity contribution in [3.63, 3.8) is 0 Å². The van der Waals surface area contributed by atoms with E-state index < -0.39 is 17.3 Å². The number of likely N-dealkylation sites (tertiary alicyclic amines) is 1. The van der Waals surface area contributed by atoms with E-state index >= 15 is 0 Å². The molecule has 2 aliphatic heterocycles. The number of aromatic nitrogens is 5. The van der Waals surface area contributed by atoms with Crippen LogP contribution in [0.4, 0.5) is 18.9 Å². The molecule has 0 saturated carbocycles. The Morgan fingerprint density at radius 2 is 1.75 bits per heavy atom. The molecule has 0 aliphatic carbocycles. The van der Waals surface area contributed by atoms with Gasteiger partial charge in [-0.25, -0.2) is 9.97 Å².